The number of hydrogen-bond donors (Lipinski definition) is 0. The first-order chi connectivity index (χ1) is 12.1. The third-order valence-corrected chi connectivity index (χ3v) is 4.93. The number of anilines is 1. The maximum absolute atomic E-state index is 13.3. The Balaban J connectivity index is 1.87. The predicted molar refractivity (Wildman–Crippen MR) is 99.7 cm³/mol. The fourth-order valence-corrected chi connectivity index (χ4v) is 3.70. The number of rotatable bonds is 1. The number of para-hydroxylation sites is 1. The molecule has 0 atom stereocenters. The van der Waals surface area contributed by atoms with Crippen LogP contribution in [0.2, 0.25) is 5.02 Å². The minimum atomic E-state index is -0.134. The number of carbonyl (C=O) groups excluding carboxylic acids is 2. The first-order valence-electron chi connectivity index (χ1n) is 8.27. The topological polar surface area (TPSA) is 42.3 Å². The Labute approximate surface area is 150 Å². The highest BCUT2D eigenvalue weighted by atomic mass is 35.5. The molecule has 2 heterocycles. The maximum atomic E-state index is 13.3. The van der Waals surface area contributed by atoms with Crippen LogP contribution in [0, 0.1) is 0 Å². The van der Waals surface area contributed by atoms with E-state index < -0.39 is 0 Å². The Kier molecular flexibility index (Phi) is 3.85. The highest BCUT2D eigenvalue weighted by Crippen LogP contribution is 2.31. The summed E-state index contributed by atoms with van der Waals surface area (Å²) in [6, 6.07) is 13.2. The standard InChI is InChI=1S/C20H17ClN2O2/c1-13(24)23-12-17(16-11-15(21)8-9-19(16)23)20(25)22-10-4-6-14-5-2-3-7-18(14)22/h2-3,5,7-9,11-12H,4,6,10H2,1H3. The molecule has 126 valence electrons. The van der Waals surface area contributed by atoms with Gasteiger partial charge in [0.15, 0.2) is 0 Å². The molecule has 0 aliphatic carbocycles. The minimum absolute atomic E-state index is 0.0978. The van der Waals surface area contributed by atoms with Gasteiger partial charge in [-0.1, -0.05) is 29.8 Å². The highest BCUT2D eigenvalue weighted by molar-refractivity contribution is 6.31. The summed E-state index contributed by atoms with van der Waals surface area (Å²) in [6.07, 6.45) is 3.53. The molecule has 4 nitrogen and oxygen atoms in total. The quantitative estimate of drug-likeness (QED) is 0.645. The van der Waals surface area contributed by atoms with Gasteiger partial charge in [-0.2, -0.15) is 0 Å². The second kappa shape index (κ2) is 6.05. The fourth-order valence-electron chi connectivity index (χ4n) is 3.52. The zero-order valence-electron chi connectivity index (χ0n) is 13.8. The number of benzene rings is 2. The van der Waals surface area contributed by atoms with Gasteiger partial charge in [0.1, 0.15) is 0 Å². The van der Waals surface area contributed by atoms with Crippen LogP contribution in [-0.4, -0.2) is 22.9 Å². The van der Waals surface area contributed by atoms with Gasteiger partial charge in [-0.15, -0.1) is 0 Å². The van der Waals surface area contributed by atoms with E-state index in [-0.39, 0.29) is 11.8 Å². The van der Waals surface area contributed by atoms with Gasteiger partial charge in [0, 0.05) is 35.8 Å². The van der Waals surface area contributed by atoms with E-state index in [1.165, 1.54) is 17.1 Å². The molecule has 25 heavy (non-hydrogen) atoms. The summed E-state index contributed by atoms with van der Waals surface area (Å²) in [6.45, 7) is 2.15. The fraction of sp³-hybridized carbons (Fsp3) is 0.200. The van der Waals surface area contributed by atoms with Crippen LogP contribution in [0.25, 0.3) is 10.9 Å². The third-order valence-electron chi connectivity index (χ3n) is 4.69. The van der Waals surface area contributed by atoms with Gasteiger partial charge >= 0.3 is 0 Å². The van der Waals surface area contributed by atoms with Crippen LogP contribution in [-0.2, 0) is 6.42 Å². The number of aryl methyl sites for hydroxylation is 1. The molecule has 0 spiro atoms. The van der Waals surface area contributed by atoms with E-state index in [0.29, 0.717) is 28.0 Å². The first-order valence-corrected chi connectivity index (χ1v) is 8.65. The molecule has 5 heteroatoms. The molecule has 0 fully saturated rings. The van der Waals surface area contributed by atoms with Crippen LogP contribution in [0.4, 0.5) is 5.69 Å². The summed E-state index contributed by atoms with van der Waals surface area (Å²) in [5, 5.41) is 1.25. The lowest BCUT2D eigenvalue weighted by atomic mass is 10.0. The average molecular weight is 353 g/mol. The van der Waals surface area contributed by atoms with E-state index >= 15 is 0 Å². The second-order valence-corrected chi connectivity index (χ2v) is 6.72. The molecule has 0 radical (unpaired) electrons. The monoisotopic (exact) mass is 352 g/mol. The third kappa shape index (κ3) is 2.63. The maximum Gasteiger partial charge on any atom is 0.260 e. The van der Waals surface area contributed by atoms with Crippen molar-refractivity contribution in [1.82, 2.24) is 4.57 Å². The Morgan fingerprint density at radius 3 is 2.72 bits per heavy atom. The molecule has 2 aromatic carbocycles. The van der Waals surface area contributed by atoms with E-state index in [1.807, 2.05) is 18.2 Å². The lowest BCUT2D eigenvalue weighted by Gasteiger charge is -2.29. The van der Waals surface area contributed by atoms with E-state index in [9.17, 15) is 9.59 Å². The summed E-state index contributed by atoms with van der Waals surface area (Å²) >= 11 is 6.13. The molecule has 1 aliphatic rings. The van der Waals surface area contributed by atoms with E-state index in [0.717, 1.165) is 18.5 Å². The molecule has 1 aromatic heterocycles. The molecule has 0 N–H and O–H groups in total. The minimum Gasteiger partial charge on any atom is -0.308 e. The van der Waals surface area contributed by atoms with Crippen LogP contribution < -0.4 is 4.90 Å². The Morgan fingerprint density at radius 2 is 1.92 bits per heavy atom. The van der Waals surface area contributed by atoms with Gasteiger partial charge in [-0.05, 0) is 42.7 Å². The van der Waals surface area contributed by atoms with Crippen molar-refractivity contribution in [3.63, 3.8) is 0 Å². The normalized spacial score (nSPS) is 13.8. The van der Waals surface area contributed by atoms with Gasteiger partial charge in [0.05, 0.1) is 11.1 Å². The molecule has 3 aromatic rings. The summed E-state index contributed by atoms with van der Waals surface area (Å²) < 4.78 is 1.51. The molecular weight excluding hydrogens is 336 g/mol. The first kappa shape index (κ1) is 15.9. The van der Waals surface area contributed by atoms with Gasteiger partial charge < -0.3 is 4.90 Å². The molecule has 1 amide bonds. The molecular formula is C20H17ClN2O2. The molecule has 4 rings (SSSR count). The molecule has 0 unspecified atom stereocenters. The smallest absolute Gasteiger partial charge is 0.260 e. The Morgan fingerprint density at radius 1 is 1.12 bits per heavy atom. The van der Waals surface area contributed by atoms with Gasteiger partial charge in [0.2, 0.25) is 5.91 Å². The van der Waals surface area contributed by atoms with Crippen molar-refractivity contribution >= 4 is 40.0 Å². The van der Waals surface area contributed by atoms with Gasteiger partial charge in [0.25, 0.3) is 5.91 Å². The van der Waals surface area contributed by atoms with E-state index in [2.05, 4.69) is 6.07 Å². The Hall–Kier alpha value is -2.59. The number of aromatic nitrogens is 1. The second-order valence-electron chi connectivity index (χ2n) is 6.28. The zero-order chi connectivity index (χ0) is 17.6. The number of carbonyl (C=O) groups is 2. The lowest BCUT2D eigenvalue weighted by Crippen LogP contribution is -2.35. The summed E-state index contributed by atoms with van der Waals surface area (Å²) in [4.78, 5) is 27.0. The molecule has 0 bridgehead atoms. The molecule has 0 saturated carbocycles. The highest BCUT2D eigenvalue weighted by Gasteiger charge is 2.26. The Bertz CT molecular complexity index is 1010. The predicted octanol–water partition coefficient (Wildman–Crippen LogP) is 4.55. The van der Waals surface area contributed by atoms with E-state index in [4.69, 9.17) is 11.6 Å². The van der Waals surface area contributed by atoms with Crippen LogP contribution >= 0.6 is 11.6 Å². The SMILES string of the molecule is CC(=O)n1cc(C(=O)N2CCCc3ccccc32)c2cc(Cl)ccc21. The summed E-state index contributed by atoms with van der Waals surface area (Å²) in [5.41, 5.74) is 3.33. The van der Waals surface area contributed by atoms with Crippen LogP contribution in [0.3, 0.4) is 0 Å². The van der Waals surface area contributed by atoms with Crippen molar-refractivity contribution in [2.24, 2.45) is 0 Å². The lowest BCUT2D eigenvalue weighted by molar-refractivity contribution is 0.0941. The van der Waals surface area contributed by atoms with Crippen molar-refractivity contribution in [3.8, 4) is 0 Å². The van der Waals surface area contributed by atoms with Crippen LogP contribution in [0.1, 0.15) is 34.1 Å². The number of fused-ring (bicyclic) bond motifs is 2. The van der Waals surface area contributed by atoms with Crippen molar-refractivity contribution in [3.05, 3.63) is 64.8 Å². The van der Waals surface area contributed by atoms with Crippen LogP contribution in [0.5, 0.6) is 0 Å². The number of hydrogen-bond acceptors (Lipinski definition) is 2. The van der Waals surface area contributed by atoms with E-state index in [1.54, 1.807) is 29.3 Å². The summed E-state index contributed by atoms with van der Waals surface area (Å²) in [7, 11) is 0. The largest absolute Gasteiger partial charge is 0.308 e. The van der Waals surface area contributed by atoms with Gasteiger partial charge in [-0.3, -0.25) is 14.2 Å². The van der Waals surface area contributed by atoms with Gasteiger partial charge in [-0.25, -0.2) is 0 Å². The van der Waals surface area contributed by atoms with Crippen molar-refractivity contribution in [1.29, 1.82) is 0 Å². The number of halogens is 1. The average Bonchev–Trinajstić information content (AvgIpc) is 2.99. The van der Waals surface area contributed by atoms with Crippen molar-refractivity contribution < 1.29 is 9.59 Å². The van der Waals surface area contributed by atoms with Crippen molar-refractivity contribution in [2.75, 3.05) is 11.4 Å². The molecule has 0 saturated heterocycles. The number of nitrogens with zero attached hydrogens (tertiary/aromatic N) is 2. The number of amides is 1. The zero-order valence-corrected chi connectivity index (χ0v) is 14.6. The van der Waals surface area contributed by atoms with Crippen LogP contribution in [0.15, 0.2) is 48.7 Å². The van der Waals surface area contributed by atoms with Crippen molar-refractivity contribution in [2.45, 2.75) is 19.8 Å². The summed E-state index contributed by atoms with van der Waals surface area (Å²) in [5.74, 6) is -0.232. The molecule has 1 aliphatic heterocycles.